The second kappa shape index (κ2) is 5.98. The molecule has 0 saturated heterocycles. The zero-order chi connectivity index (χ0) is 13.0. The van der Waals surface area contributed by atoms with Crippen LogP contribution in [0, 0.1) is 0 Å². The lowest BCUT2D eigenvalue weighted by Gasteiger charge is -2.22. The van der Waals surface area contributed by atoms with Gasteiger partial charge in [0.25, 0.3) is 0 Å². The third-order valence-corrected chi connectivity index (χ3v) is 3.20. The molecule has 0 aliphatic rings. The van der Waals surface area contributed by atoms with Crippen molar-refractivity contribution in [3.63, 3.8) is 0 Å². The van der Waals surface area contributed by atoms with Crippen LogP contribution in [-0.2, 0) is 0 Å². The highest BCUT2D eigenvalue weighted by molar-refractivity contribution is 9.10. The SMILES string of the molecule is CC(N)C(Oc1ccccc1Br)c1ccccn1. The minimum atomic E-state index is -0.259. The van der Waals surface area contributed by atoms with Gasteiger partial charge in [-0.05, 0) is 47.1 Å². The molecule has 0 aliphatic heterocycles. The first-order valence-electron chi connectivity index (χ1n) is 5.76. The van der Waals surface area contributed by atoms with E-state index in [-0.39, 0.29) is 12.1 Å². The van der Waals surface area contributed by atoms with Crippen LogP contribution in [0.25, 0.3) is 0 Å². The molecule has 2 rings (SSSR count). The Morgan fingerprint density at radius 1 is 1.17 bits per heavy atom. The Morgan fingerprint density at radius 2 is 1.89 bits per heavy atom. The Morgan fingerprint density at radius 3 is 2.50 bits per heavy atom. The van der Waals surface area contributed by atoms with E-state index >= 15 is 0 Å². The fourth-order valence-electron chi connectivity index (χ4n) is 1.66. The van der Waals surface area contributed by atoms with Gasteiger partial charge in [0, 0.05) is 12.2 Å². The summed E-state index contributed by atoms with van der Waals surface area (Å²) in [4.78, 5) is 4.31. The van der Waals surface area contributed by atoms with Crippen LogP contribution in [0.3, 0.4) is 0 Å². The highest BCUT2D eigenvalue weighted by Gasteiger charge is 2.20. The number of benzene rings is 1. The van der Waals surface area contributed by atoms with Crippen LogP contribution in [-0.4, -0.2) is 11.0 Å². The second-order valence-corrected chi connectivity index (χ2v) is 4.94. The van der Waals surface area contributed by atoms with Gasteiger partial charge in [-0.25, -0.2) is 0 Å². The van der Waals surface area contributed by atoms with Gasteiger partial charge in [-0.15, -0.1) is 0 Å². The Hall–Kier alpha value is -1.39. The summed E-state index contributed by atoms with van der Waals surface area (Å²) < 4.78 is 6.87. The van der Waals surface area contributed by atoms with Crippen molar-refractivity contribution in [2.75, 3.05) is 0 Å². The fraction of sp³-hybridized carbons (Fsp3) is 0.214. The van der Waals surface area contributed by atoms with Gasteiger partial charge in [0.2, 0.25) is 0 Å². The summed E-state index contributed by atoms with van der Waals surface area (Å²) in [6.07, 6.45) is 1.48. The Kier molecular flexibility index (Phi) is 4.33. The monoisotopic (exact) mass is 306 g/mol. The van der Waals surface area contributed by atoms with Crippen molar-refractivity contribution in [1.82, 2.24) is 4.98 Å². The zero-order valence-electron chi connectivity index (χ0n) is 10.1. The van der Waals surface area contributed by atoms with E-state index in [1.807, 2.05) is 49.4 Å². The molecule has 1 aromatic carbocycles. The first-order valence-corrected chi connectivity index (χ1v) is 6.55. The molecule has 0 radical (unpaired) electrons. The lowest BCUT2D eigenvalue weighted by Crippen LogP contribution is -2.29. The van der Waals surface area contributed by atoms with Gasteiger partial charge in [-0.3, -0.25) is 4.98 Å². The van der Waals surface area contributed by atoms with Crippen LogP contribution in [0.4, 0.5) is 0 Å². The summed E-state index contributed by atoms with van der Waals surface area (Å²) in [5.41, 5.74) is 6.82. The van der Waals surface area contributed by atoms with Crippen molar-refractivity contribution in [3.05, 3.63) is 58.8 Å². The standard InChI is InChI=1S/C14H15BrN2O/c1-10(16)14(12-7-4-5-9-17-12)18-13-8-3-2-6-11(13)15/h2-10,14H,16H2,1H3. The molecule has 0 saturated carbocycles. The van der Waals surface area contributed by atoms with Crippen LogP contribution < -0.4 is 10.5 Å². The molecule has 2 N–H and O–H groups in total. The lowest BCUT2D eigenvalue weighted by molar-refractivity contribution is 0.174. The van der Waals surface area contributed by atoms with Gasteiger partial charge in [0.05, 0.1) is 10.2 Å². The zero-order valence-corrected chi connectivity index (χ0v) is 11.7. The van der Waals surface area contributed by atoms with Crippen LogP contribution in [0.15, 0.2) is 53.1 Å². The normalized spacial score (nSPS) is 13.9. The molecule has 0 aliphatic carbocycles. The van der Waals surface area contributed by atoms with E-state index in [0.29, 0.717) is 0 Å². The molecule has 18 heavy (non-hydrogen) atoms. The molecule has 2 atom stereocenters. The second-order valence-electron chi connectivity index (χ2n) is 4.08. The molecule has 94 valence electrons. The van der Waals surface area contributed by atoms with Crippen LogP contribution in [0.1, 0.15) is 18.7 Å². The van der Waals surface area contributed by atoms with E-state index < -0.39 is 0 Å². The minimum absolute atomic E-state index is 0.146. The van der Waals surface area contributed by atoms with Crippen molar-refractivity contribution >= 4 is 15.9 Å². The smallest absolute Gasteiger partial charge is 0.155 e. The van der Waals surface area contributed by atoms with Gasteiger partial charge >= 0.3 is 0 Å². The molecule has 1 heterocycles. The summed E-state index contributed by atoms with van der Waals surface area (Å²) in [7, 11) is 0. The molecule has 2 unspecified atom stereocenters. The highest BCUT2D eigenvalue weighted by atomic mass is 79.9. The number of nitrogens with two attached hydrogens (primary N) is 1. The van der Waals surface area contributed by atoms with Gasteiger partial charge in [0.1, 0.15) is 5.75 Å². The van der Waals surface area contributed by atoms with Gasteiger partial charge in [-0.1, -0.05) is 18.2 Å². The average Bonchev–Trinajstić information content (AvgIpc) is 2.38. The van der Waals surface area contributed by atoms with E-state index in [1.54, 1.807) is 6.20 Å². The van der Waals surface area contributed by atoms with Gasteiger partial charge in [0.15, 0.2) is 6.10 Å². The Labute approximate surface area is 115 Å². The number of para-hydroxylation sites is 1. The maximum Gasteiger partial charge on any atom is 0.155 e. The molecule has 3 nitrogen and oxygen atoms in total. The van der Waals surface area contributed by atoms with E-state index in [0.717, 1.165) is 15.9 Å². The largest absolute Gasteiger partial charge is 0.481 e. The van der Waals surface area contributed by atoms with E-state index in [4.69, 9.17) is 10.5 Å². The molecule has 0 spiro atoms. The third kappa shape index (κ3) is 3.09. The van der Waals surface area contributed by atoms with E-state index in [1.165, 1.54) is 0 Å². The summed E-state index contributed by atoms with van der Waals surface area (Å²) >= 11 is 3.46. The third-order valence-electron chi connectivity index (χ3n) is 2.55. The molecule has 0 bridgehead atoms. The summed E-state index contributed by atoms with van der Waals surface area (Å²) in [5, 5.41) is 0. The molecule has 0 fully saturated rings. The Balaban J connectivity index is 2.26. The number of halogens is 1. The summed E-state index contributed by atoms with van der Waals surface area (Å²) in [6, 6.07) is 13.3. The maximum absolute atomic E-state index is 5.99. The van der Waals surface area contributed by atoms with E-state index in [2.05, 4.69) is 20.9 Å². The molecular weight excluding hydrogens is 292 g/mol. The minimum Gasteiger partial charge on any atom is -0.481 e. The highest BCUT2D eigenvalue weighted by Crippen LogP contribution is 2.29. The number of pyridine rings is 1. The predicted molar refractivity (Wildman–Crippen MR) is 75.4 cm³/mol. The first kappa shape index (κ1) is 13.1. The molecular formula is C14H15BrN2O. The van der Waals surface area contributed by atoms with Crippen LogP contribution >= 0.6 is 15.9 Å². The summed E-state index contributed by atoms with van der Waals surface area (Å²) in [5.74, 6) is 0.769. The number of rotatable bonds is 4. The molecule has 2 aromatic rings. The van der Waals surface area contributed by atoms with Crippen molar-refractivity contribution in [2.45, 2.75) is 19.1 Å². The van der Waals surface area contributed by atoms with Gasteiger partial charge < -0.3 is 10.5 Å². The topological polar surface area (TPSA) is 48.1 Å². The van der Waals surface area contributed by atoms with Crippen LogP contribution in [0.2, 0.25) is 0 Å². The first-order chi connectivity index (χ1) is 8.68. The van der Waals surface area contributed by atoms with Crippen molar-refractivity contribution in [2.24, 2.45) is 5.73 Å². The molecule has 4 heteroatoms. The van der Waals surface area contributed by atoms with Crippen molar-refractivity contribution in [3.8, 4) is 5.75 Å². The lowest BCUT2D eigenvalue weighted by atomic mass is 10.1. The Bertz CT molecular complexity index is 502. The number of ether oxygens (including phenoxy) is 1. The average molecular weight is 307 g/mol. The molecule has 1 aromatic heterocycles. The number of hydrogen-bond donors (Lipinski definition) is 1. The molecule has 0 amide bonds. The van der Waals surface area contributed by atoms with Crippen molar-refractivity contribution in [1.29, 1.82) is 0 Å². The quantitative estimate of drug-likeness (QED) is 0.942. The fourth-order valence-corrected chi connectivity index (χ4v) is 2.04. The van der Waals surface area contributed by atoms with Crippen LogP contribution in [0.5, 0.6) is 5.75 Å². The maximum atomic E-state index is 5.99. The number of aromatic nitrogens is 1. The van der Waals surface area contributed by atoms with Gasteiger partial charge in [-0.2, -0.15) is 0 Å². The summed E-state index contributed by atoms with van der Waals surface area (Å²) in [6.45, 7) is 1.91. The number of nitrogens with zero attached hydrogens (tertiary/aromatic N) is 1. The van der Waals surface area contributed by atoms with Crippen molar-refractivity contribution < 1.29 is 4.74 Å². The predicted octanol–water partition coefficient (Wildman–Crippen LogP) is 3.31. The van der Waals surface area contributed by atoms with E-state index in [9.17, 15) is 0 Å². The number of hydrogen-bond acceptors (Lipinski definition) is 3.